The van der Waals surface area contributed by atoms with E-state index in [0.29, 0.717) is 17.4 Å². The van der Waals surface area contributed by atoms with Gasteiger partial charge in [-0.3, -0.25) is 0 Å². The van der Waals surface area contributed by atoms with E-state index in [0.717, 1.165) is 12.1 Å². The van der Waals surface area contributed by atoms with E-state index in [-0.39, 0.29) is 12.2 Å². The summed E-state index contributed by atoms with van der Waals surface area (Å²) in [6.45, 7) is -0.235. The summed E-state index contributed by atoms with van der Waals surface area (Å²) in [6.07, 6.45) is -1.25. The highest BCUT2D eigenvalue weighted by Crippen LogP contribution is 2.21. The molecule has 0 saturated carbocycles. The minimum absolute atomic E-state index is 0.0548. The SMILES string of the molecule is N#Cc1ccccc1OCC(O)c1ccc(F)cc1F. The molecular formula is C15H11F2NO2. The lowest BCUT2D eigenvalue weighted by Crippen LogP contribution is -2.12. The highest BCUT2D eigenvalue weighted by atomic mass is 19.1. The van der Waals surface area contributed by atoms with Crippen LogP contribution in [0.2, 0.25) is 0 Å². The van der Waals surface area contributed by atoms with Crippen LogP contribution in [0, 0.1) is 23.0 Å². The Morgan fingerprint density at radius 1 is 1.20 bits per heavy atom. The summed E-state index contributed by atoms with van der Waals surface area (Å²) in [5.74, 6) is -1.25. The predicted molar refractivity (Wildman–Crippen MR) is 68.0 cm³/mol. The zero-order valence-corrected chi connectivity index (χ0v) is 10.4. The molecule has 0 bridgehead atoms. The molecule has 0 aliphatic rings. The number of hydrogen-bond donors (Lipinski definition) is 1. The lowest BCUT2D eigenvalue weighted by atomic mass is 10.1. The number of aliphatic hydroxyl groups excluding tert-OH is 1. The zero-order valence-electron chi connectivity index (χ0n) is 10.4. The fraction of sp³-hybridized carbons (Fsp3) is 0.133. The molecule has 20 heavy (non-hydrogen) atoms. The molecule has 0 radical (unpaired) electrons. The van der Waals surface area contributed by atoms with Crippen LogP contribution in [0.1, 0.15) is 17.2 Å². The number of para-hydroxylation sites is 1. The molecule has 3 nitrogen and oxygen atoms in total. The topological polar surface area (TPSA) is 53.2 Å². The van der Waals surface area contributed by atoms with E-state index in [4.69, 9.17) is 10.00 Å². The van der Waals surface area contributed by atoms with E-state index < -0.39 is 17.7 Å². The number of halogens is 2. The molecule has 1 unspecified atom stereocenters. The van der Waals surface area contributed by atoms with Crippen LogP contribution in [0.3, 0.4) is 0 Å². The third-order valence-corrected chi connectivity index (χ3v) is 2.73. The van der Waals surface area contributed by atoms with Crippen LogP contribution in [0.5, 0.6) is 5.75 Å². The summed E-state index contributed by atoms with van der Waals surface area (Å²) in [4.78, 5) is 0. The Bertz CT molecular complexity index is 653. The van der Waals surface area contributed by atoms with Crippen LogP contribution >= 0.6 is 0 Å². The van der Waals surface area contributed by atoms with Gasteiger partial charge in [-0.15, -0.1) is 0 Å². The van der Waals surface area contributed by atoms with Crippen LogP contribution in [0.25, 0.3) is 0 Å². The summed E-state index contributed by atoms with van der Waals surface area (Å²) >= 11 is 0. The quantitative estimate of drug-likeness (QED) is 0.933. The van der Waals surface area contributed by atoms with Crippen molar-refractivity contribution in [3.63, 3.8) is 0 Å². The van der Waals surface area contributed by atoms with Gasteiger partial charge in [0.2, 0.25) is 0 Å². The van der Waals surface area contributed by atoms with Crippen LogP contribution in [0.4, 0.5) is 8.78 Å². The van der Waals surface area contributed by atoms with Gasteiger partial charge >= 0.3 is 0 Å². The number of ether oxygens (including phenoxy) is 1. The average molecular weight is 275 g/mol. The zero-order chi connectivity index (χ0) is 14.5. The van der Waals surface area contributed by atoms with Crippen molar-refractivity contribution in [3.8, 4) is 11.8 Å². The smallest absolute Gasteiger partial charge is 0.137 e. The summed E-state index contributed by atoms with van der Waals surface area (Å²) < 4.78 is 31.5. The van der Waals surface area contributed by atoms with E-state index >= 15 is 0 Å². The molecule has 2 aromatic carbocycles. The Hall–Kier alpha value is -2.45. The summed E-state index contributed by atoms with van der Waals surface area (Å²) in [7, 11) is 0. The Morgan fingerprint density at radius 3 is 2.65 bits per heavy atom. The van der Waals surface area contributed by atoms with Gasteiger partial charge in [-0.05, 0) is 18.2 Å². The third kappa shape index (κ3) is 3.11. The number of aliphatic hydroxyl groups is 1. The first-order chi connectivity index (χ1) is 9.61. The second-order valence-electron chi connectivity index (χ2n) is 4.10. The van der Waals surface area contributed by atoms with E-state index in [9.17, 15) is 13.9 Å². The van der Waals surface area contributed by atoms with Crippen LogP contribution in [0.15, 0.2) is 42.5 Å². The fourth-order valence-corrected chi connectivity index (χ4v) is 1.72. The van der Waals surface area contributed by atoms with Gasteiger partial charge in [0.05, 0.1) is 5.56 Å². The molecule has 5 heteroatoms. The van der Waals surface area contributed by atoms with Gasteiger partial charge in [0.15, 0.2) is 0 Å². The van der Waals surface area contributed by atoms with Crippen molar-refractivity contribution in [1.82, 2.24) is 0 Å². The molecule has 0 spiro atoms. The van der Waals surface area contributed by atoms with Gasteiger partial charge in [0, 0.05) is 11.6 Å². The molecule has 2 rings (SSSR count). The van der Waals surface area contributed by atoms with E-state index in [2.05, 4.69) is 0 Å². The largest absolute Gasteiger partial charge is 0.489 e. The molecule has 0 aliphatic carbocycles. The Balaban J connectivity index is 2.09. The molecule has 0 aliphatic heterocycles. The van der Waals surface area contributed by atoms with Crippen molar-refractivity contribution in [3.05, 3.63) is 65.2 Å². The van der Waals surface area contributed by atoms with E-state index in [1.165, 1.54) is 0 Å². The molecule has 1 atom stereocenters. The number of hydrogen-bond acceptors (Lipinski definition) is 3. The summed E-state index contributed by atoms with van der Waals surface area (Å²) in [6, 6.07) is 11.4. The molecule has 0 amide bonds. The first kappa shape index (κ1) is 14.0. The van der Waals surface area contributed by atoms with Gasteiger partial charge in [0.1, 0.15) is 36.2 Å². The molecule has 1 N–H and O–H groups in total. The summed E-state index contributed by atoms with van der Waals surface area (Å²) in [5, 5.41) is 18.7. The molecule has 0 fully saturated rings. The second-order valence-corrected chi connectivity index (χ2v) is 4.10. The first-order valence-corrected chi connectivity index (χ1v) is 5.86. The van der Waals surface area contributed by atoms with Gasteiger partial charge in [0.25, 0.3) is 0 Å². The van der Waals surface area contributed by atoms with Gasteiger partial charge < -0.3 is 9.84 Å². The molecule has 0 aromatic heterocycles. The fourth-order valence-electron chi connectivity index (χ4n) is 1.72. The highest BCUT2D eigenvalue weighted by molar-refractivity contribution is 5.42. The van der Waals surface area contributed by atoms with Crippen molar-refractivity contribution in [2.75, 3.05) is 6.61 Å². The minimum Gasteiger partial charge on any atom is -0.489 e. The Labute approximate surface area is 114 Å². The lowest BCUT2D eigenvalue weighted by Gasteiger charge is -2.14. The van der Waals surface area contributed by atoms with E-state index in [1.54, 1.807) is 24.3 Å². The first-order valence-electron chi connectivity index (χ1n) is 5.86. The molecule has 0 heterocycles. The van der Waals surface area contributed by atoms with Crippen molar-refractivity contribution in [2.24, 2.45) is 0 Å². The van der Waals surface area contributed by atoms with Crippen LogP contribution in [-0.2, 0) is 0 Å². The maximum atomic E-state index is 13.5. The minimum atomic E-state index is -1.25. The van der Waals surface area contributed by atoms with Crippen molar-refractivity contribution < 1.29 is 18.6 Å². The maximum Gasteiger partial charge on any atom is 0.137 e. The molecular weight excluding hydrogens is 264 g/mol. The monoisotopic (exact) mass is 275 g/mol. The standard InChI is InChI=1S/C15H11F2NO2/c16-11-5-6-12(13(17)7-11)14(19)9-20-15-4-2-1-3-10(15)8-18/h1-7,14,19H,9H2. The van der Waals surface area contributed by atoms with Gasteiger partial charge in [-0.25, -0.2) is 8.78 Å². The van der Waals surface area contributed by atoms with E-state index in [1.807, 2.05) is 6.07 Å². The maximum absolute atomic E-state index is 13.5. The van der Waals surface area contributed by atoms with Crippen molar-refractivity contribution in [2.45, 2.75) is 6.10 Å². The molecule has 102 valence electrons. The van der Waals surface area contributed by atoms with Crippen LogP contribution in [-0.4, -0.2) is 11.7 Å². The number of nitrogens with zero attached hydrogens (tertiary/aromatic N) is 1. The normalized spacial score (nSPS) is 11.7. The van der Waals surface area contributed by atoms with Crippen molar-refractivity contribution in [1.29, 1.82) is 5.26 Å². The molecule has 2 aromatic rings. The van der Waals surface area contributed by atoms with Crippen LogP contribution < -0.4 is 4.74 Å². The third-order valence-electron chi connectivity index (χ3n) is 2.73. The highest BCUT2D eigenvalue weighted by Gasteiger charge is 2.15. The van der Waals surface area contributed by atoms with Gasteiger partial charge in [-0.1, -0.05) is 18.2 Å². The van der Waals surface area contributed by atoms with Crippen molar-refractivity contribution >= 4 is 0 Å². The van der Waals surface area contributed by atoms with Gasteiger partial charge in [-0.2, -0.15) is 5.26 Å². The number of rotatable bonds is 4. The summed E-state index contributed by atoms with van der Waals surface area (Å²) in [5.41, 5.74) is 0.264. The lowest BCUT2D eigenvalue weighted by molar-refractivity contribution is 0.105. The second kappa shape index (κ2) is 6.13. The number of nitriles is 1. The Kier molecular flexibility index (Phi) is 4.28. The average Bonchev–Trinajstić information content (AvgIpc) is 2.45. The number of benzene rings is 2. The Morgan fingerprint density at radius 2 is 1.95 bits per heavy atom. The molecule has 0 saturated heterocycles. The predicted octanol–water partition coefficient (Wildman–Crippen LogP) is 2.95.